The molecule has 2 atom stereocenters. The van der Waals surface area contributed by atoms with Gasteiger partial charge in [-0.3, -0.25) is 0 Å². The lowest BCUT2D eigenvalue weighted by Gasteiger charge is -2.34. The molecular formula is C18H27F2N. The minimum atomic E-state index is -0.729. The Morgan fingerprint density at radius 1 is 1.10 bits per heavy atom. The second kappa shape index (κ2) is 6.87. The van der Waals surface area contributed by atoms with Gasteiger partial charge in [0, 0.05) is 5.54 Å². The lowest BCUT2D eigenvalue weighted by molar-refractivity contribution is 0.212. The van der Waals surface area contributed by atoms with E-state index in [4.69, 9.17) is 0 Å². The van der Waals surface area contributed by atoms with Gasteiger partial charge in [0.2, 0.25) is 0 Å². The summed E-state index contributed by atoms with van der Waals surface area (Å²) in [5, 5.41) is 3.57. The van der Waals surface area contributed by atoms with E-state index in [0.29, 0.717) is 23.8 Å². The van der Waals surface area contributed by atoms with Gasteiger partial charge >= 0.3 is 0 Å². The summed E-state index contributed by atoms with van der Waals surface area (Å²) in [6.45, 7) is 7.45. The molecule has 1 saturated carbocycles. The highest BCUT2D eigenvalue weighted by Crippen LogP contribution is 2.33. The second-order valence-electron chi connectivity index (χ2n) is 7.35. The van der Waals surface area contributed by atoms with E-state index < -0.39 is 11.6 Å². The molecular weight excluding hydrogens is 268 g/mol. The van der Waals surface area contributed by atoms with Gasteiger partial charge in [-0.05, 0) is 70.0 Å². The maximum Gasteiger partial charge on any atom is 0.162 e. The van der Waals surface area contributed by atoms with Gasteiger partial charge in [0.15, 0.2) is 11.6 Å². The third kappa shape index (κ3) is 4.77. The van der Waals surface area contributed by atoms with Crippen molar-refractivity contribution in [2.24, 2.45) is 11.8 Å². The molecule has 118 valence electrons. The monoisotopic (exact) mass is 295 g/mol. The fraction of sp³-hybridized carbons (Fsp3) is 0.667. The number of nitrogens with one attached hydrogen (secondary N) is 1. The molecule has 1 aliphatic rings. The van der Waals surface area contributed by atoms with E-state index in [0.717, 1.165) is 13.0 Å². The quantitative estimate of drug-likeness (QED) is 0.849. The van der Waals surface area contributed by atoms with Crippen molar-refractivity contribution >= 4 is 0 Å². The zero-order valence-electron chi connectivity index (χ0n) is 13.4. The highest BCUT2D eigenvalue weighted by molar-refractivity contribution is 5.19. The van der Waals surface area contributed by atoms with Crippen molar-refractivity contribution in [3.05, 3.63) is 35.4 Å². The fourth-order valence-electron chi connectivity index (χ4n) is 3.25. The van der Waals surface area contributed by atoms with Gasteiger partial charge in [-0.25, -0.2) is 8.78 Å². The minimum absolute atomic E-state index is 0.103. The Kier molecular flexibility index (Phi) is 5.37. The Bertz CT molecular complexity index is 465. The Labute approximate surface area is 127 Å². The molecule has 0 heterocycles. The van der Waals surface area contributed by atoms with Gasteiger partial charge in [0.1, 0.15) is 0 Å². The Morgan fingerprint density at radius 2 is 1.76 bits per heavy atom. The molecule has 0 spiro atoms. The Balaban J connectivity index is 2.03. The van der Waals surface area contributed by atoms with Crippen LogP contribution in [-0.2, 0) is 6.42 Å². The van der Waals surface area contributed by atoms with Gasteiger partial charge in [-0.2, -0.15) is 0 Å². The first kappa shape index (κ1) is 16.4. The van der Waals surface area contributed by atoms with Crippen LogP contribution >= 0.6 is 0 Å². The van der Waals surface area contributed by atoms with Crippen LogP contribution in [0.3, 0.4) is 0 Å². The van der Waals surface area contributed by atoms with E-state index in [1.165, 1.54) is 25.3 Å². The topological polar surface area (TPSA) is 12.0 Å². The molecule has 1 aromatic rings. The van der Waals surface area contributed by atoms with Crippen LogP contribution in [-0.4, -0.2) is 12.1 Å². The highest BCUT2D eigenvalue weighted by atomic mass is 19.2. The molecule has 1 nitrogen and oxygen atoms in total. The van der Waals surface area contributed by atoms with Crippen LogP contribution in [0, 0.1) is 23.5 Å². The molecule has 0 radical (unpaired) electrons. The van der Waals surface area contributed by atoms with Crippen molar-refractivity contribution in [3.8, 4) is 0 Å². The van der Waals surface area contributed by atoms with Crippen molar-refractivity contribution < 1.29 is 8.78 Å². The van der Waals surface area contributed by atoms with E-state index in [2.05, 4.69) is 26.1 Å². The van der Waals surface area contributed by atoms with Crippen molar-refractivity contribution in [1.82, 2.24) is 5.32 Å². The zero-order chi connectivity index (χ0) is 15.5. The molecule has 0 saturated heterocycles. The van der Waals surface area contributed by atoms with E-state index in [1.54, 1.807) is 12.1 Å². The number of hydrogen-bond donors (Lipinski definition) is 1. The van der Waals surface area contributed by atoms with Gasteiger partial charge in [-0.15, -0.1) is 0 Å². The molecule has 1 fully saturated rings. The van der Waals surface area contributed by atoms with Crippen LogP contribution in [0.5, 0.6) is 0 Å². The number of halogens is 2. The third-order valence-electron chi connectivity index (χ3n) is 4.47. The Hall–Kier alpha value is -0.960. The van der Waals surface area contributed by atoms with Gasteiger partial charge < -0.3 is 5.32 Å². The SMILES string of the molecule is CC(C)(C)NCC1CCCCC1Cc1cccc(F)c1F. The summed E-state index contributed by atoms with van der Waals surface area (Å²) >= 11 is 0. The highest BCUT2D eigenvalue weighted by Gasteiger charge is 2.27. The summed E-state index contributed by atoms with van der Waals surface area (Å²) < 4.78 is 27.2. The van der Waals surface area contributed by atoms with Crippen molar-refractivity contribution in [2.45, 2.75) is 58.4 Å². The number of hydrogen-bond acceptors (Lipinski definition) is 1. The molecule has 1 aliphatic carbocycles. The van der Waals surface area contributed by atoms with Crippen molar-refractivity contribution in [3.63, 3.8) is 0 Å². The summed E-state index contributed by atoms with van der Waals surface area (Å²) in [5.74, 6) is -0.385. The van der Waals surface area contributed by atoms with E-state index in [9.17, 15) is 8.78 Å². The first-order chi connectivity index (χ1) is 9.87. The summed E-state index contributed by atoms with van der Waals surface area (Å²) in [5.41, 5.74) is 0.634. The molecule has 3 heteroatoms. The average Bonchev–Trinajstić information content (AvgIpc) is 2.42. The van der Waals surface area contributed by atoms with Gasteiger partial charge in [0.05, 0.1) is 0 Å². The van der Waals surface area contributed by atoms with Crippen LogP contribution in [0.25, 0.3) is 0 Å². The van der Waals surface area contributed by atoms with Crippen LogP contribution < -0.4 is 5.32 Å². The summed E-state index contributed by atoms with van der Waals surface area (Å²) in [6, 6.07) is 4.53. The number of rotatable bonds is 4. The predicted octanol–water partition coefficient (Wildman–Crippen LogP) is 4.70. The van der Waals surface area contributed by atoms with Crippen LogP contribution in [0.15, 0.2) is 18.2 Å². The smallest absolute Gasteiger partial charge is 0.162 e. The van der Waals surface area contributed by atoms with E-state index in [-0.39, 0.29) is 5.54 Å². The normalized spacial score (nSPS) is 23.3. The lowest BCUT2D eigenvalue weighted by atomic mass is 9.76. The van der Waals surface area contributed by atoms with Crippen LogP contribution in [0.4, 0.5) is 8.78 Å². The Morgan fingerprint density at radius 3 is 2.43 bits per heavy atom. The molecule has 0 aliphatic heterocycles. The van der Waals surface area contributed by atoms with Crippen molar-refractivity contribution in [1.29, 1.82) is 0 Å². The average molecular weight is 295 g/mol. The molecule has 21 heavy (non-hydrogen) atoms. The zero-order valence-corrected chi connectivity index (χ0v) is 13.4. The maximum atomic E-state index is 13.9. The van der Waals surface area contributed by atoms with Crippen molar-refractivity contribution in [2.75, 3.05) is 6.54 Å². The standard InChI is InChI=1S/C18H27F2N/c1-18(2,3)21-12-15-8-5-4-7-13(15)11-14-9-6-10-16(19)17(14)20/h6,9-10,13,15,21H,4-5,7-8,11-12H2,1-3H3. The minimum Gasteiger partial charge on any atom is -0.312 e. The predicted molar refractivity (Wildman–Crippen MR) is 83.3 cm³/mol. The molecule has 0 bridgehead atoms. The summed E-state index contributed by atoms with van der Waals surface area (Å²) in [7, 11) is 0. The molecule has 1 aromatic carbocycles. The van der Waals surface area contributed by atoms with Gasteiger partial charge in [0.25, 0.3) is 0 Å². The molecule has 0 amide bonds. The number of benzene rings is 1. The molecule has 0 aromatic heterocycles. The van der Waals surface area contributed by atoms with Crippen LogP contribution in [0.1, 0.15) is 52.0 Å². The van der Waals surface area contributed by atoms with E-state index in [1.807, 2.05) is 0 Å². The lowest BCUT2D eigenvalue weighted by Crippen LogP contribution is -2.41. The fourth-order valence-corrected chi connectivity index (χ4v) is 3.25. The van der Waals surface area contributed by atoms with Gasteiger partial charge in [-0.1, -0.05) is 25.0 Å². The third-order valence-corrected chi connectivity index (χ3v) is 4.47. The molecule has 2 unspecified atom stereocenters. The van der Waals surface area contributed by atoms with E-state index >= 15 is 0 Å². The summed E-state index contributed by atoms with van der Waals surface area (Å²) in [4.78, 5) is 0. The molecule has 1 N–H and O–H groups in total. The maximum absolute atomic E-state index is 13.9. The first-order valence-corrected chi connectivity index (χ1v) is 8.05. The molecule has 2 rings (SSSR count). The largest absolute Gasteiger partial charge is 0.312 e. The second-order valence-corrected chi connectivity index (χ2v) is 7.35. The summed E-state index contributed by atoms with van der Waals surface area (Å²) in [6.07, 6.45) is 5.41. The first-order valence-electron chi connectivity index (χ1n) is 8.05. The van der Waals surface area contributed by atoms with Crippen LogP contribution in [0.2, 0.25) is 0 Å².